The Morgan fingerprint density at radius 1 is 1.43 bits per heavy atom. The summed E-state index contributed by atoms with van der Waals surface area (Å²) in [6.07, 6.45) is 0.659. The summed E-state index contributed by atoms with van der Waals surface area (Å²) in [5.74, 6) is 0. The first-order valence-corrected chi connectivity index (χ1v) is 4.53. The van der Waals surface area contributed by atoms with Gasteiger partial charge in [0, 0.05) is 16.6 Å². The SMILES string of the molecule is CCc1cc2c(N)cccc2oc1=O. The van der Waals surface area contributed by atoms with Crippen LogP contribution in [0.1, 0.15) is 12.5 Å². The number of aryl methyl sites for hydroxylation is 1. The van der Waals surface area contributed by atoms with Crippen molar-refractivity contribution < 1.29 is 4.42 Å². The van der Waals surface area contributed by atoms with E-state index < -0.39 is 0 Å². The molecule has 0 fully saturated rings. The molecule has 0 spiro atoms. The summed E-state index contributed by atoms with van der Waals surface area (Å²) >= 11 is 0. The zero-order valence-corrected chi connectivity index (χ0v) is 7.91. The van der Waals surface area contributed by atoms with Crippen LogP contribution in [-0.2, 0) is 6.42 Å². The van der Waals surface area contributed by atoms with Gasteiger partial charge in [0.1, 0.15) is 5.58 Å². The summed E-state index contributed by atoms with van der Waals surface area (Å²) in [5.41, 5.74) is 7.35. The highest BCUT2D eigenvalue weighted by molar-refractivity contribution is 5.88. The van der Waals surface area contributed by atoms with Gasteiger partial charge in [0.2, 0.25) is 0 Å². The fourth-order valence-electron chi connectivity index (χ4n) is 1.45. The molecule has 0 saturated heterocycles. The minimum Gasteiger partial charge on any atom is -0.422 e. The third-order valence-corrected chi connectivity index (χ3v) is 2.26. The van der Waals surface area contributed by atoms with Gasteiger partial charge in [0.05, 0.1) is 0 Å². The Hall–Kier alpha value is -1.77. The van der Waals surface area contributed by atoms with Crippen molar-refractivity contribution in [2.24, 2.45) is 0 Å². The van der Waals surface area contributed by atoms with E-state index in [0.29, 0.717) is 23.3 Å². The van der Waals surface area contributed by atoms with E-state index in [4.69, 9.17) is 10.2 Å². The second kappa shape index (κ2) is 3.18. The number of benzene rings is 1. The quantitative estimate of drug-likeness (QED) is 0.551. The molecule has 0 bridgehead atoms. The van der Waals surface area contributed by atoms with E-state index in [2.05, 4.69) is 0 Å². The highest BCUT2D eigenvalue weighted by Gasteiger charge is 2.04. The molecule has 3 heteroatoms. The Kier molecular flexibility index (Phi) is 2.00. The maximum atomic E-state index is 11.4. The summed E-state index contributed by atoms with van der Waals surface area (Å²) in [6, 6.07) is 7.11. The molecular weight excluding hydrogens is 178 g/mol. The Labute approximate surface area is 81.1 Å². The van der Waals surface area contributed by atoms with Crippen LogP contribution < -0.4 is 11.4 Å². The van der Waals surface area contributed by atoms with Crippen LogP contribution in [0, 0.1) is 0 Å². The molecule has 0 atom stereocenters. The average molecular weight is 189 g/mol. The molecule has 1 heterocycles. The molecule has 72 valence electrons. The standard InChI is InChI=1S/C11H11NO2/c1-2-7-6-8-9(12)4-3-5-10(8)14-11(7)13/h3-6H,2,12H2,1H3. The number of hydrogen-bond acceptors (Lipinski definition) is 3. The van der Waals surface area contributed by atoms with Gasteiger partial charge in [0.15, 0.2) is 0 Å². The number of anilines is 1. The predicted octanol–water partition coefficient (Wildman–Crippen LogP) is 1.94. The first-order chi connectivity index (χ1) is 6.72. The minimum atomic E-state index is -0.273. The van der Waals surface area contributed by atoms with E-state index in [1.807, 2.05) is 6.92 Å². The van der Waals surface area contributed by atoms with E-state index in [1.54, 1.807) is 24.3 Å². The van der Waals surface area contributed by atoms with E-state index in [1.165, 1.54) is 0 Å². The Balaban J connectivity index is 2.87. The van der Waals surface area contributed by atoms with Crippen LogP contribution in [0.3, 0.4) is 0 Å². The molecule has 2 N–H and O–H groups in total. The monoisotopic (exact) mass is 189 g/mol. The van der Waals surface area contributed by atoms with Gasteiger partial charge in [-0.3, -0.25) is 0 Å². The Bertz CT molecular complexity index is 528. The molecule has 0 aliphatic carbocycles. The van der Waals surface area contributed by atoms with Crippen LogP contribution in [-0.4, -0.2) is 0 Å². The van der Waals surface area contributed by atoms with Crippen LogP contribution >= 0.6 is 0 Å². The lowest BCUT2D eigenvalue weighted by Gasteiger charge is -2.01. The number of nitrogens with two attached hydrogens (primary N) is 1. The topological polar surface area (TPSA) is 56.2 Å². The van der Waals surface area contributed by atoms with E-state index in [0.717, 1.165) is 5.39 Å². The third kappa shape index (κ3) is 1.27. The van der Waals surface area contributed by atoms with Gasteiger partial charge >= 0.3 is 5.63 Å². The third-order valence-electron chi connectivity index (χ3n) is 2.26. The lowest BCUT2D eigenvalue weighted by Crippen LogP contribution is -2.06. The molecular formula is C11H11NO2. The van der Waals surface area contributed by atoms with Crippen molar-refractivity contribution in [3.8, 4) is 0 Å². The number of fused-ring (bicyclic) bond motifs is 1. The van der Waals surface area contributed by atoms with Crippen LogP contribution in [0.2, 0.25) is 0 Å². The highest BCUT2D eigenvalue weighted by Crippen LogP contribution is 2.19. The molecule has 0 radical (unpaired) electrons. The maximum absolute atomic E-state index is 11.4. The molecule has 2 aromatic rings. The predicted molar refractivity (Wildman–Crippen MR) is 56.3 cm³/mol. The lowest BCUT2D eigenvalue weighted by molar-refractivity contribution is 0.551. The van der Waals surface area contributed by atoms with Crippen molar-refractivity contribution in [2.75, 3.05) is 5.73 Å². The second-order valence-corrected chi connectivity index (χ2v) is 3.17. The summed E-state index contributed by atoms with van der Waals surface area (Å²) in [6.45, 7) is 1.91. The van der Waals surface area contributed by atoms with Crippen LogP contribution in [0.5, 0.6) is 0 Å². The Morgan fingerprint density at radius 2 is 2.21 bits per heavy atom. The van der Waals surface area contributed by atoms with Gasteiger partial charge in [-0.25, -0.2) is 4.79 Å². The van der Waals surface area contributed by atoms with Gasteiger partial charge in [-0.15, -0.1) is 0 Å². The summed E-state index contributed by atoms with van der Waals surface area (Å²) in [4.78, 5) is 11.4. The van der Waals surface area contributed by atoms with Crippen LogP contribution in [0.25, 0.3) is 11.0 Å². The van der Waals surface area contributed by atoms with Crippen molar-refractivity contribution in [3.05, 3.63) is 40.2 Å². The van der Waals surface area contributed by atoms with Crippen molar-refractivity contribution in [2.45, 2.75) is 13.3 Å². The van der Waals surface area contributed by atoms with Crippen molar-refractivity contribution >= 4 is 16.7 Å². The first-order valence-electron chi connectivity index (χ1n) is 4.53. The fraction of sp³-hybridized carbons (Fsp3) is 0.182. The van der Waals surface area contributed by atoms with Crippen molar-refractivity contribution in [1.29, 1.82) is 0 Å². The van der Waals surface area contributed by atoms with E-state index >= 15 is 0 Å². The molecule has 0 saturated carbocycles. The lowest BCUT2D eigenvalue weighted by atomic mass is 10.1. The Morgan fingerprint density at radius 3 is 2.93 bits per heavy atom. The largest absolute Gasteiger partial charge is 0.422 e. The van der Waals surface area contributed by atoms with Gasteiger partial charge in [-0.05, 0) is 24.6 Å². The number of hydrogen-bond donors (Lipinski definition) is 1. The van der Waals surface area contributed by atoms with Gasteiger partial charge in [-0.2, -0.15) is 0 Å². The maximum Gasteiger partial charge on any atom is 0.339 e. The molecule has 0 unspecified atom stereocenters. The van der Waals surface area contributed by atoms with Gasteiger partial charge < -0.3 is 10.2 Å². The minimum absolute atomic E-state index is 0.273. The number of nitrogen functional groups attached to an aromatic ring is 1. The van der Waals surface area contributed by atoms with Gasteiger partial charge in [0.25, 0.3) is 0 Å². The van der Waals surface area contributed by atoms with Crippen LogP contribution in [0.4, 0.5) is 5.69 Å². The smallest absolute Gasteiger partial charge is 0.339 e. The summed E-state index contributed by atoms with van der Waals surface area (Å²) in [7, 11) is 0. The zero-order chi connectivity index (χ0) is 10.1. The summed E-state index contributed by atoms with van der Waals surface area (Å²) < 4.78 is 5.13. The molecule has 2 rings (SSSR count). The van der Waals surface area contributed by atoms with Crippen LogP contribution in [0.15, 0.2) is 33.5 Å². The second-order valence-electron chi connectivity index (χ2n) is 3.17. The normalized spacial score (nSPS) is 10.6. The molecule has 1 aromatic heterocycles. The van der Waals surface area contributed by atoms with Crippen molar-refractivity contribution in [1.82, 2.24) is 0 Å². The van der Waals surface area contributed by atoms with E-state index in [-0.39, 0.29) is 5.63 Å². The molecule has 0 amide bonds. The van der Waals surface area contributed by atoms with Crippen molar-refractivity contribution in [3.63, 3.8) is 0 Å². The van der Waals surface area contributed by atoms with E-state index in [9.17, 15) is 4.79 Å². The molecule has 14 heavy (non-hydrogen) atoms. The summed E-state index contributed by atoms with van der Waals surface area (Å²) in [5, 5.41) is 0.809. The zero-order valence-electron chi connectivity index (χ0n) is 7.91. The first kappa shape index (κ1) is 8.81. The molecule has 0 aliphatic heterocycles. The molecule has 3 nitrogen and oxygen atoms in total. The van der Waals surface area contributed by atoms with Gasteiger partial charge in [-0.1, -0.05) is 13.0 Å². The highest BCUT2D eigenvalue weighted by atomic mass is 16.4. The fourth-order valence-corrected chi connectivity index (χ4v) is 1.45. The average Bonchev–Trinajstić information content (AvgIpc) is 2.17. The number of rotatable bonds is 1. The molecule has 0 aliphatic rings. The molecule has 1 aromatic carbocycles.